The van der Waals surface area contributed by atoms with Crippen molar-refractivity contribution in [1.82, 2.24) is 5.32 Å². The SMILES string of the molecule is Cc1ccc(C)c(NC(=O)CCNCc2ccc3c(c2)C[C@@H](C)O3)c1. The summed E-state index contributed by atoms with van der Waals surface area (Å²) in [5, 5.41) is 6.34. The first-order valence-corrected chi connectivity index (χ1v) is 8.87. The molecule has 3 rings (SSSR count). The van der Waals surface area contributed by atoms with E-state index in [-0.39, 0.29) is 12.0 Å². The summed E-state index contributed by atoms with van der Waals surface area (Å²) < 4.78 is 5.72. The van der Waals surface area contributed by atoms with Gasteiger partial charge in [-0.25, -0.2) is 0 Å². The number of fused-ring (bicyclic) bond motifs is 1. The molecule has 132 valence electrons. The van der Waals surface area contributed by atoms with Crippen LogP contribution in [0.2, 0.25) is 0 Å². The molecule has 1 aliphatic heterocycles. The van der Waals surface area contributed by atoms with Gasteiger partial charge in [0.15, 0.2) is 0 Å². The van der Waals surface area contributed by atoms with Crippen LogP contribution in [-0.2, 0) is 17.8 Å². The highest BCUT2D eigenvalue weighted by Crippen LogP contribution is 2.29. The summed E-state index contributed by atoms with van der Waals surface area (Å²) in [4.78, 5) is 12.1. The van der Waals surface area contributed by atoms with E-state index in [1.54, 1.807) is 0 Å². The minimum Gasteiger partial charge on any atom is -0.490 e. The zero-order valence-electron chi connectivity index (χ0n) is 15.2. The van der Waals surface area contributed by atoms with Crippen molar-refractivity contribution in [1.29, 1.82) is 0 Å². The standard InChI is InChI=1S/C21H26N2O2/c1-14-4-5-15(2)19(10-14)23-21(24)8-9-22-13-17-6-7-20-18(12-17)11-16(3)25-20/h4-7,10,12,16,22H,8-9,11,13H2,1-3H3,(H,23,24)/t16-/m1/s1. The van der Waals surface area contributed by atoms with Gasteiger partial charge in [0.1, 0.15) is 11.9 Å². The minimum atomic E-state index is 0.0392. The van der Waals surface area contributed by atoms with Crippen LogP contribution in [0.5, 0.6) is 5.75 Å². The molecule has 0 saturated heterocycles. The number of hydrogen-bond donors (Lipinski definition) is 2. The summed E-state index contributed by atoms with van der Waals surface area (Å²) in [5.74, 6) is 1.04. The molecule has 1 aliphatic rings. The van der Waals surface area contributed by atoms with E-state index in [4.69, 9.17) is 4.74 Å². The van der Waals surface area contributed by atoms with Gasteiger partial charge in [-0.3, -0.25) is 4.79 Å². The number of benzene rings is 2. The smallest absolute Gasteiger partial charge is 0.225 e. The Hall–Kier alpha value is -2.33. The lowest BCUT2D eigenvalue weighted by molar-refractivity contribution is -0.116. The average Bonchev–Trinajstić information content (AvgIpc) is 2.94. The highest BCUT2D eigenvalue weighted by molar-refractivity contribution is 5.91. The Balaban J connectivity index is 1.43. The van der Waals surface area contributed by atoms with Gasteiger partial charge in [-0.15, -0.1) is 0 Å². The van der Waals surface area contributed by atoms with Crippen molar-refractivity contribution in [2.45, 2.75) is 46.3 Å². The highest BCUT2D eigenvalue weighted by atomic mass is 16.5. The number of amides is 1. The predicted molar refractivity (Wildman–Crippen MR) is 101 cm³/mol. The van der Waals surface area contributed by atoms with Crippen LogP contribution >= 0.6 is 0 Å². The van der Waals surface area contributed by atoms with Crippen LogP contribution in [0.15, 0.2) is 36.4 Å². The summed E-state index contributed by atoms with van der Waals surface area (Å²) in [6.07, 6.45) is 1.70. The molecule has 0 fully saturated rings. The molecule has 25 heavy (non-hydrogen) atoms. The average molecular weight is 338 g/mol. The van der Waals surface area contributed by atoms with Gasteiger partial charge < -0.3 is 15.4 Å². The van der Waals surface area contributed by atoms with Crippen LogP contribution in [0.4, 0.5) is 5.69 Å². The van der Waals surface area contributed by atoms with Crippen LogP contribution < -0.4 is 15.4 Å². The van der Waals surface area contributed by atoms with Gasteiger partial charge in [0.2, 0.25) is 5.91 Å². The van der Waals surface area contributed by atoms with Gasteiger partial charge in [0, 0.05) is 31.6 Å². The third-order valence-electron chi connectivity index (χ3n) is 4.49. The van der Waals surface area contributed by atoms with Crippen molar-refractivity contribution in [3.8, 4) is 5.75 Å². The Bertz CT molecular complexity index is 770. The number of nitrogens with one attached hydrogen (secondary N) is 2. The molecule has 1 atom stereocenters. The zero-order valence-corrected chi connectivity index (χ0v) is 15.2. The van der Waals surface area contributed by atoms with Crippen molar-refractivity contribution in [2.75, 3.05) is 11.9 Å². The fraction of sp³-hybridized carbons (Fsp3) is 0.381. The second-order valence-corrected chi connectivity index (χ2v) is 6.87. The summed E-state index contributed by atoms with van der Waals surface area (Å²) in [6.45, 7) is 7.54. The van der Waals surface area contributed by atoms with Gasteiger partial charge in [-0.1, -0.05) is 24.3 Å². The van der Waals surface area contributed by atoms with Crippen LogP contribution in [0.1, 0.15) is 35.6 Å². The Morgan fingerprint density at radius 2 is 2.04 bits per heavy atom. The summed E-state index contributed by atoms with van der Waals surface area (Å²) in [5.41, 5.74) is 5.64. The fourth-order valence-electron chi connectivity index (χ4n) is 3.10. The summed E-state index contributed by atoms with van der Waals surface area (Å²) >= 11 is 0. The molecule has 0 unspecified atom stereocenters. The van der Waals surface area contributed by atoms with E-state index in [0.29, 0.717) is 13.0 Å². The molecule has 0 bridgehead atoms. The summed E-state index contributed by atoms with van der Waals surface area (Å²) in [6, 6.07) is 12.4. The molecule has 0 aromatic heterocycles. The number of hydrogen-bond acceptors (Lipinski definition) is 3. The normalized spacial score (nSPS) is 15.6. The number of aryl methyl sites for hydroxylation is 2. The second kappa shape index (κ2) is 7.70. The van der Waals surface area contributed by atoms with Crippen LogP contribution in [0, 0.1) is 13.8 Å². The number of carbonyl (C=O) groups excluding carboxylic acids is 1. The number of anilines is 1. The molecule has 2 aromatic rings. The first-order valence-electron chi connectivity index (χ1n) is 8.87. The van der Waals surface area contributed by atoms with Crippen LogP contribution in [-0.4, -0.2) is 18.6 Å². The molecular weight excluding hydrogens is 312 g/mol. The maximum atomic E-state index is 12.1. The molecular formula is C21H26N2O2. The molecule has 1 amide bonds. The Labute approximate surface area is 149 Å². The maximum Gasteiger partial charge on any atom is 0.225 e. The van der Waals surface area contributed by atoms with Gasteiger partial charge in [-0.05, 0) is 55.2 Å². The molecule has 0 radical (unpaired) electrons. The molecule has 4 nitrogen and oxygen atoms in total. The number of ether oxygens (including phenoxy) is 1. The van der Waals surface area contributed by atoms with E-state index in [1.807, 2.05) is 32.0 Å². The monoisotopic (exact) mass is 338 g/mol. The van der Waals surface area contributed by atoms with E-state index in [1.165, 1.54) is 11.1 Å². The second-order valence-electron chi connectivity index (χ2n) is 6.87. The predicted octanol–water partition coefficient (Wildman–Crippen LogP) is 3.75. The first-order chi connectivity index (χ1) is 12.0. The quantitative estimate of drug-likeness (QED) is 0.789. The van der Waals surface area contributed by atoms with Crippen LogP contribution in [0.3, 0.4) is 0 Å². The maximum absolute atomic E-state index is 12.1. The van der Waals surface area contributed by atoms with Crippen molar-refractivity contribution in [3.05, 3.63) is 58.7 Å². The molecule has 0 aliphatic carbocycles. The van der Waals surface area contributed by atoms with Crippen LogP contribution in [0.25, 0.3) is 0 Å². The van der Waals surface area contributed by atoms with E-state index in [9.17, 15) is 4.79 Å². The third-order valence-corrected chi connectivity index (χ3v) is 4.49. The molecule has 2 aromatic carbocycles. The minimum absolute atomic E-state index is 0.0392. The lowest BCUT2D eigenvalue weighted by Gasteiger charge is -2.10. The van der Waals surface area contributed by atoms with Crippen molar-refractivity contribution >= 4 is 11.6 Å². The Morgan fingerprint density at radius 3 is 2.88 bits per heavy atom. The lowest BCUT2D eigenvalue weighted by atomic mass is 10.1. The summed E-state index contributed by atoms with van der Waals surface area (Å²) in [7, 11) is 0. The first kappa shape index (κ1) is 17.5. The Kier molecular flexibility index (Phi) is 5.39. The van der Waals surface area contributed by atoms with Gasteiger partial charge in [0.25, 0.3) is 0 Å². The van der Waals surface area contributed by atoms with E-state index in [0.717, 1.165) is 35.5 Å². The van der Waals surface area contributed by atoms with Crippen molar-refractivity contribution in [3.63, 3.8) is 0 Å². The van der Waals surface area contributed by atoms with Gasteiger partial charge in [0.05, 0.1) is 0 Å². The van der Waals surface area contributed by atoms with E-state index >= 15 is 0 Å². The number of rotatable bonds is 6. The lowest BCUT2D eigenvalue weighted by Crippen LogP contribution is -2.21. The fourth-order valence-corrected chi connectivity index (χ4v) is 3.10. The highest BCUT2D eigenvalue weighted by Gasteiger charge is 2.18. The van der Waals surface area contributed by atoms with Gasteiger partial charge in [-0.2, -0.15) is 0 Å². The molecule has 2 N–H and O–H groups in total. The largest absolute Gasteiger partial charge is 0.490 e. The molecule has 1 heterocycles. The molecule has 0 saturated carbocycles. The van der Waals surface area contributed by atoms with Crippen molar-refractivity contribution < 1.29 is 9.53 Å². The van der Waals surface area contributed by atoms with Crippen molar-refractivity contribution in [2.24, 2.45) is 0 Å². The van der Waals surface area contributed by atoms with E-state index in [2.05, 4.69) is 35.8 Å². The molecule has 4 heteroatoms. The van der Waals surface area contributed by atoms with Gasteiger partial charge >= 0.3 is 0 Å². The number of carbonyl (C=O) groups is 1. The third kappa shape index (κ3) is 4.60. The zero-order chi connectivity index (χ0) is 17.8. The topological polar surface area (TPSA) is 50.4 Å². The Morgan fingerprint density at radius 1 is 1.20 bits per heavy atom. The van der Waals surface area contributed by atoms with E-state index < -0.39 is 0 Å². The molecule has 0 spiro atoms.